The molecular weight excluding hydrogens is 452 g/mol. The summed E-state index contributed by atoms with van der Waals surface area (Å²) in [5.41, 5.74) is 9.87. The summed E-state index contributed by atoms with van der Waals surface area (Å²) in [6, 6.07) is 11.8. The van der Waals surface area contributed by atoms with E-state index in [2.05, 4.69) is 25.9 Å². The first kappa shape index (κ1) is 19.5. The third-order valence-corrected chi connectivity index (χ3v) is 5.78. The molecule has 1 aromatic carbocycles. The lowest BCUT2D eigenvalue weighted by Gasteiger charge is -2.17. The second-order valence-corrected chi connectivity index (χ2v) is 8.10. The number of pyridine rings is 1. The number of nitrogen functional groups attached to an aromatic ring is 1. The van der Waals surface area contributed by atoms with Gasteiger partial charge in [-0.2, -0.15) is 0 Å². The molecule has 0 unspecified atom stereocenters. The first-order valence-electron chi connectivity index (χ1n) is 8.97. The van der Waals surface area contributed by atoms with Crippen LogP contribution in [0, 0.1) is 0 Å². The number of thiophene rings is 1. The molecule has 0 radical (unpaired) electrons. The number of esters is 1. The highest BCUT2D eigenvalue weighted by molar-refractivity contribution is 9.10. The Kier molecular flexibility index (Phi) is 5.55. The maximum Gasteiger partial charge on any atom is 0.310 e. The van der Waals surface area contributed by atoms with Gasteiger partial charge in [0.1, 0.15) is 12.1 Å². The molecule has 146 valence electrons. The van der Waals surface area contributed by atoms with Crippen molar-refractivity contribution < 1.29 is 9.53 Å². The Morgan fingerprint density at radius 1 is 1.24 bits per heavy atom. The monoisotopic (exact) mass is 468 g/mol. The zero-order chi connectivity index (χ0) is 20.4. The molecule has 0 aliphatic heterocycles. The van der Waals surface area contributed by atoms with E-state index in [0.29, 0.717) is 29.2 Å². The molecule has 0 amide bonds. The van der Waals surface area contributed by atoms with E-state index < -0.39 is 0 Å². The fourth-order valence-corrected chi connectivity index (χ4v) is 4.41. The van der Waals surface area contributed by atoms with E-state index in [4.69, 9.17) is 15.5 Å². The molecule has 0 saturated carbocycles. The van der Waals surface area contributed by atoms with Gasteiger partial charge < -0.3 is 10.5 Å². The number of aromatic nitrogens is 3. The van der Waals surface area contributed by atoms with Crippen LogP contribution in [0.25, 0.3) is 32.7 Å². The van der Waals surface area contributed by atoms with E-state index in [-0.39, 0.29) is 12.4 Å². The van der Waals surface area contributed by atoms with Crippen LogP contribution in [0.4, 0.5) is 5.82 Å². The Hall–Kier alpha value is -2.84. The van der Waals surface area contributed by atoms with Gasteiger partial charge in [0, 0.05) is 10.0 Å². The zero-order valence-corrected chi connectivity index (χ0v) is 18.0. The van der Waals surface area contributed by atoms with Gasteiger partial charge in [0.05, 0.1) is 29.0 Å². The van der Waals surface area contributed by atoms with Crippen LogP contribution in [0.2, 0.25) is 0 Å². The minimum absolute atomic E-state index is 0.0696. The number of carbonyl (C=O) groups is 1. The quantitative estimate of drug-likeness (QED) is 0.420. The van der Waals surface area contributed by atoms with Gasteiger partial charge in [-0.15, -0.1) is 11.3 Å². The molecule has 4 aromatic rings. The number of anilines is 1. The fraction of sp³-hybridized carbons (Fsp3) is 0.143. The van der Waals surface area contributed by atoms with Gasteiger partial charge >= 0.3 is 5.97 Å². The molecule has 3 heterocycles. The lowest BCUT2D eigenvalue weighted by molar-refractivity contribution is -0.142. The Bertz CT molecular complexity index is 1190. The molecule has 6 nitrogen and oxygen atoms in total. The van der Waals surface area contributed by atoms with E-state index >= 15 is 0 Å². The smallest absolute Gasteiger partial charge is 0.310 e. The van der Waals surface area contributed by atoms with E-state index in [1.54, 1.807) is 18.3 Å². The molecule has 0 spiro atoms. The van der Waals surface area contributed by atoms with Crippen molar-refractivity contribution in [2.24, 2.45) is 0 Å². The van der Waals surface area contributed by atoms with Crippen LogP contribution in [-0.2, 0) is 16.0 Å². The number of nitrogens with two attached hydrogens (primary N) is 1. The van der Waals surface area contributed by atoms with Crippen molar-refractivity contribution in [2.45, 2.75) is 13.3 Å². The molecule has 0 saturated heterocycles. The predicted molar refractivity (Wildman–Crippen MR) is 119 cm³/mol. The lowest BCUT2D eigenvalue weighted by Crippen LogP contribution is -2.11. The number of benzene rings is 1. The van der Waals surface area contributed by atoms with Crippen molar-refractivity contribution in [2.75, 3.05) is 12.3 Å². The maximum atomic E-state index is 12.5. The Morgan fingerprint density at radius 3 is 2.83 bits per heavy atom. The molecule has 0 fully saturated rings. The van der Waals surface area contributed by atoms with Crippen LogP contribution in [0.3, 0.4) is 0 Å². The van der Waals surface area contributed by atoms with E-state index in [9.17, 15) is 4.79 Å². The molecule has 0 atom stereocenters. The van der Waals surface area contributed by atoms with E-state index in [1.807, 2.05) is 41.8 Å². The van der Waals surface area contributed by atoms with Crippen molar-refractivity contribution in [1.82, 2.24) is 15.0 Å². The first-order chi connectivity index (χ1) is 14.1. The summed E-state index contributed by atoms with van der Waals surface area (Å²) in [5, 5.41) is 2.60. The van der Waals surface area contributed by atoms with Crippen molar-refractivity contribution >= 4 is 50.1 Å². The predicted octanol–water partition coefficient (Wildman–Crippen LogP) is 4.87. The van der Waals surface area contributed by atoms with E-state index in [1.165, 1.54) is 6.33 Å². The van der Waals surface area contributed by atoms with Gasteiger partial charge in [-0.05, 0) is 41.6 Å². The van der Waals surface area contributed by atoms with Crippen LogP contribution in [-0.4, -0.2) is 27.5 Å². The summed E-state index contributed by atoms with van der Waals surface area (Å²) in [7, 11) is 0. The number of hydrogen-bond donors (Lipinski definition) is 1. The van der Waals surface area contributed by atoms with Crippen LogP contribution in [0.5, 0.6) is 0 Å². The third kappa shape index (κ3) is 3.86. The lowest BCUT2D eigenvalue weighted by atomic mass is 9.93. The van der Waals surface area contributed by atoms with Gasteiger partial charge in [-0.1, -0.05) is 34.1 Å². The minimum Gasteiger partial charge on any atom is -0.466 e. The molecule has 0 bridgehead atoms. The first-order valence-corrected chi connectivity index (χ1v) is 10.6. The summed E-state index contributed by atoms with van der Waals surface area (Å²) in [6.45, 7) is 2.10. The SMILES string of the molecule is CCOC(=O)Cc1c(-c2cccs2)nc2ncnc(N)c2c1-c1cccc(Br)c1. The third-order valence-electron chi connectivity index (χ3n) is 4.41. The Morgan fingerprint density at radius 2 is 2.10 bits per heavy atom. The van der Waals surface area contributed by atoms with Gasteiger partial charge in [0.2, 0.25) is 0 Å². The molecule has 0 aliphatic rings. The van der Waals surface area contributed by atoms with Crippen LogP contribution in [0.1, 0.15) is 12.5 Å². The molecular formula is C21H17BrN4O2S. The summed E-state index contributed by atoms with van der Waals surface area (Å²) in [6.07, 6.45) is 1.47. The average molecular weight is 469 g/mol. The maximum absolute atomic E-state index is 12.5. The highest BCUT2D eigenvalue weighted by Crippen LogP contribution is 2.40. The normalized spacial score (nSPS) is 11.0. The van der Waals surface area contributed by atoms with Gasteiger partial charge in [0.25, 0.3) is 0 Å². The van der Waals surface area contributed by atoms with Gasteiger partial charge in [-0.3, -0.25) is 4.79 Å². The largest absolute Gasteiger partial charge is 0.466 e. The molecule has 4 rings (SSSR count). The fourth-order valence-electron chi connectivity index (χ4n) is 3.26. The summed E-state index contributed by atoms with van der Waals surface area (Å²) < 4.78 is 6.15. The minimum atomic E-state index is -0.321. The van der Waals surface area contributed by atoms with Crippen LogP contribution in [0.15, 0.2) is 52.6 Å². The number of rotatable bonds is 5. The van der Waals surface area contributed by atoms with Gasteiger partial charge in [0.15, 0.2) is 5.65 Å². The number of nitrogens with zero attached hydrogens (tertiary/aromatic N) is 3. The summed E-state index contributed by atoms with van der Waals surface area (Å²) in [4.78, 5) is 26.7. The second kappa shape index (κ2) is 8.26. The highest BCUT2D eigenvalue weighted by atomic mass is 79.9. The zero-order valence-electron chi connectivity index (χ0n) is 15.6. The van der Waals surface area contributed by atoms with Crippen molar-refractivity contribution in [3.8, 4) is 21.7 Å². The number of halogens is 1. The van der Waals surface area contributed by atoms with Crippen LogP contribution < -0.4 is 5.73 Å². The van der Waals surface area contributed by atoms with Gasteiger partial charge in [-0.25, -0.2) is 15.0 Å². The molecule has 0 aliphatic carbocycles. The topological polar surface area (TPSA) is 91.0 Å². The van der Waals surface area contributed by atoms with Crippen molar-refractivity contribution in [1.29, 1.82) is 0 Å². The number of ether oxygens (including phenoxy) is 1. The summed E-state index contributed by atoms with van der Waals surface area (Å²) >= 11 is 5.08. The van der Waals surface area contributed by atoms with Crippen molar-refractivity contribution in [3.05, 3.63) is 58.1 Å². The number of fused-ring (bicyclic) bond motifs is 1. The molecule has 29 heavy (non-hydrogen) atoms. The summed E-state index contributed by atoms with van der Waals surface area (Å²) in [5.74, 6) is -0.00145. The highest BCUT2D eigenvalue weighted by Gasteiger charge is 2.23. The molecule has 3 aromatic heterocycles. The molecule has 8 heteroatoms. The Balaban J connectivity index is 2.11. The van der Waals surface area contributed by atoms with E-state index in [0.717, 1.165) is 26.0 Å². The standard InChI is InChI=1S/C21H17BrN4O2S/c1-2-28-16(27)10-14-17(12-5-3-6-13(22)9-12)18-20(23)24-11-25-21(18)26-19(14)15-7-4-8-29-15/h3-9,11H,2,10H2,1H3,(H2,23,24,25,26). The van der Waals surface area contributed by atoms with Crippen molar-refractivity contribution in [3.63, 3.8) is 0 Å². The number of carbonyl (C=O) groups excluding carboxylic acids is 1. The average Bonchev–Trinajstić information content (AvgIpc) is 3.23. The van der Waals surface area contributed by atoms with Crippen LogP contribution >= 0.6 is 27.3 Å². The Labute approximate surface area is 179 Å². The molecule has 2 N–H and O–H groups in total. The second-order valence-electron chi connectivity index (χ2n) is 6.24. The number of hydrogen-bond acceptors (Lipinski definition) is 7.